The van der Waals surface area contributed by atoms with E-state index >= 15 is 0 Å². The number of rotatable bonds is 4. The van der Waals surface area contributed by atoms with Gasteiger partial charge in [0, 0.05) is 23.1 Å². The molecule has 1 fully saturated rings. The summed E-state index contributed by atoms with van der Waals surface area (Å²) in [6, 6.07) is 5.99. The molecule has 3 nitrogen and oxygen atoms in total. The Morgan fingerprint density at radius 3 is 2.70 bits per heavy atom. The van der Waals surface area contributed by atoms with E-state index in [0.717, 1.165) is 42.5 Å². The van der Waals surface area contributed by atoms with Gasteiger partial charge >= 0.3 is 0 Å². The van der Waals surface area contributed by atoms with Crippen LogP contribution in [0, 0.1) is 0 Å². The highest BCUT2D eigenvalue weighted by molar-refractivity contribution is 9.10. The predicted molar refractivity (Wildman–Crippen MR) is 84.0 cm³/mol. The molecule has 0 atom stereocenters. The zero-order valence-electron chi connectivity index (χ0n) is 11.8. The van der Waals surface area contributed by atoms with E-state index in [4.69, 9.17) is 0 Å². The largest absolute Gasteiger partial charge is 0.338 e. The Balaban J connectivity index is 1.56. The lowest BCUT2D eigenvalue weighted by molar-refractivity contribution is 0.0733. The third kappa shape index (κ3) is 3.07. The van der Waals surface area contributed by atoms with Gasteiger partial charge in [0.05, 0.1) is 0 Å². The van der Waals surface area contributed by atoms with Crippen molar-refractivity contribution in [2.45, 2.75) is 25.7 Å². The Bertz CT molecular complexity index is 497. The third-order valence-corrected chi connectivity index (χ3v) is 4.83. The summed E-state index contributed by atoms with van der Waals surface area (Å²) >= 11 is 3.47. The van der Waals surface area contributed by atoms with Crippen molar-refractivity contribution in [1.82, 2.24) is 9.80 Å². The number of amides is 1. The summed E-state index contributed by atoms with van der Waals surface area (Å²) < 4.78 is 1.06. The van der Waals surface area contributed by atoms with Crippen molar-refractivity contribution in [2.75, 3.05) is 32.7 Å². The number of carbonyl (C=O) groups excluding carboxylic acids is 1. The fourth-order valence-corrected chi connectivity index (χ4v) is 3.62. The maximum absolute atomic E-state index is 12.5. The van der Waals surface area contributed by atoms with E-state index in [1.807, 2.05) is 17.0 Å². The lowest BCUT2D eigenvalue weighted by atomic mass is 9.99. The van der Waals surface area contributed by atoms with Crippen molar-refractivity contribution in [2.24, 2.45) is 0 Å². The fourth-order valence-electron chi connectivity index (χ4n) is 3.21. The third-order valence-electron chi connectivity index (χ3n) is 4.34. The van der Waals surface area contributed by atoms with E-state index in [2.05, 4.69) is 26.9 Å². The Morgan fingerprint density at radius 1 is 1.10 bits per heavy atom. The molecular weight excluding hydrogens is 316 g/mol. The molecule has 2 aliphatic heterocycles. The first-order valence-electron chi connectivity index (χ1n) is 7.54. The van der Waals surface area contributed by atoms with Gasteiger partial charge in [0.2, 0.25) is 0 Å². The van der Waals surface area contributed by atoms with Crippen molar-refractivity contribution in [1.29, 1.82) is 0 Å². The number of nitrogens with zero attached hydrogens (tertiary/aromatic N) is 2. The molecule has 1 aromatic carbocycles. The second-order valence-electron chi connectivity index (χ2n) is 5.75. The highest BCUT2D eigenvalue weighted by Crippen LogP contribution is 2.23. The van der Waals surface area contributed by atoms with E-state index in [9.17, 15) is 4.79 Å². The van der Waals surface area contributed by atoms with Crippen molar-refractivity contribution in [3.05, 3.63) is 33.8 Å². The average Bonchev–Trinajstić information content (AvgIpc) is 2.94. The topological polar surface area (TPSA) is 23.6 Å². The highest BCUT2D eigenvalue weighted by atomic mass is 79.9. The van der Waals surface area contributed by atoms with Crippen LogP contribution in [-0.4, -0.2) is 48.4 Å². The molecule has 1 saturated heterocycles. The molecule has 0 unspecified atom stereocenters. The monoisotopic (exact) mass is 336 g/mol. The van der Waals surface area contributed by atoms with Gasteiger partial charge in [0.25, 0.3) is 5.91 Å². The minimum Gasteiger partial charge on any atom is -0.338 e. The number of hydrogen-bond donors (Lipinski definition) is 0. The maximum atomic E-state index is 12.5. The van der Waals surface area contributed by atoms with E-state index in [1.54, 1.807) is 0 Å². The Labute approximate surface area is 129 Å². The molecule has 4 heteroatoms. The molecule has 0 bridgehead atoms. The Morgan fingerprint density at radius 2 is 1.90 bits per heavy atom. The first-order chi connectivity index (χ1) is 9.74. The van der Waals surface area contributed by atoms with Gasteiger partial charge in [-0.3, -0.25) is 4.79 Å². The summed E-state index contributed by atoms with van der Waals surface area (Å²) in [6.45, 7) is 5.37. The van der Waals surface area contributed by atoms with Gasteiger partial charge in [-0.2, -0.15) is 0 Å². The molecule has 108 valence electrons. The van der Waals surface area contributed by atoms with E-state index in [0.29, 0.717) is 0 Å². The van der Waals surface area contributed by atoms with Crippen LogP contribution in [0.5, 0.6) is 0 Å². The minimum atomic E-state index is 0.208. The molecule has 1 aromatic rings. The zero-order valence-corrected chi connectivity index (χ0v) is 13.4. The fraction of sp³-hybridized carbons (Fsp3) is 0.562. The molecule has 0 aromatic heterocycles. The van der Waals surface area contributed by atoms with Crippen LogP contribution in [-0.2, 0) is 6.42 Å². The van der Waals surface area contributed by atoms with Gasteiger partial charge in [-0.25, -0.2) is 0 Å². The number of carbonyl (C=O) groups is 1. The first-order valence-corrected chi connectivity index (χ1v) is 8.33. The SMILES string of the molecule is O=C1c2ccc(Br)cc2CCN1CCCN1CCCC1. The van der Waals surface area contributed by atoms with E-state index in [-0.39, 0.29) is 5.91 Å². The molecule has 1 amide bonds. The second-order valence-corrected chi connectivity index (χ2v) is 6.66. The molecule has 0 saturated carbocycles. The average molecular weight is 337 g/mol. The predicted octanol–water partition coefficient (Wildman–Crippen LogP) is 2.93. The van der Waals surface area contributed by atoms with Crippen LogP contribution < -0.4 is 0 Å². The quantitative estimate of drug-likeness (QED) is 0.843. The smallest absolute Gasteiger partial charge is 0.254 e. The molecule has 0 spiro atoms. The molecule has 0 radical (unpaired) electrons. The maximum Gasteiger partial charge on any atom is 0.254 e. The number of fused-ring (bicyclic) bond motifs is 1. The van der Waals surface area contributed by atoms with Gasteiger partial charge in [-0.05, 0) is 69.1 Å². The molecule has 3 rings (SSSR count). The summed E-state index contributed by atoms with van der Waals surface area (Å²) in [5.41, 5.74) is 2.07. The molecule has 2 heterocycles. The summed E-state index contributed by atoms with van der Waals surface area (Å²) in [6.07, 6.45) is 4.75. The Kier molecular flexibility index (Phi) is 4.41. The summed E-state index contributed by atoms with van der Waals surface area (Å²) in [5, 5.41) is 0. The van der Waals surface area contributed by atoms with Crippen LogP contribution >= 0.6 is 15.9 Å². The van der Waals surface area contributed by atoms with Crippen LogP contribution in [0.4, 0.5) is 0 Å². The molecular formula is C16H21BrN2O. The zero-order chi connectivity index (χ0) is 13.9. The summed E-state index contributed by atoms with van der Waals surface area (Å²) in [5.74, 6) is 0.208. The van der Waals surface area contributed by atoms with Crippen LogP contribution in [0.15, 0.2) is 22.7 Å². The number of benzene rings is 1. The molecule has 2 aliphatic rings. The van der Waals surface area contributed by atoms with Gasteiger partial charge in [-0.1, -0.05) is 15.9 Å². The summed E-state index contributed by atoms with van der Waals surface area (Å²) in [7, 11) is 0. The van der Waals surface area contributed by atoms with Crippen molar-refractivity contribution in [3.63, 3.8) is 0 Å². The molecule has 0 N–H and O–H groups in total. The van der Waals surface area contributed by atoms with Crippen molar-refractivity contribution < 1.29 is 4.79 Å². The number of likely N-dealkylation sites (tertiary alicyclic amines) is 1. The van der Waals surface area contributed by atoms with Crippen LogP contribution in [0.2, 0.25) is 0 Å². The standard InChI is InChI=1S/C16H21BrN2O/c17-14-4-5-15-13(12-14)6-11-19(16(15)20)10-3-9-18-7-1-2-8-18/h4-5,12H,1-3,6-11H2. The van der Waals surface area contributed by atoms with Crippen LogP contribution in [0.1, 0.15) is 35.2 Å². The minimum absolute atomic E-state index is 0.208. The van der Waals surface area contributed by atoms with Gasteiger partial charge in [-0.15, -0.1) is 0 Å². The normalized spacial score (nSPS) is 19.4. The van der Waals surface area contributed by atoms with Crippen molar-refractivity contribution in [3.8, 4) is 0 Å². The lowest BCUT2D eigenvalue weighted by Crippen LogP contribution is -2.39. The number of halogens is 1. The van der Waals surface area contributed by atoms with Crippen molar-refractivity contribution >= 4 is 21.8 Å². The highest BCUT2D eigenvalue weighted by Gasteiger charge is 2.24. The lowest BCUT2D eigenvalue weighted by Gasteiger charge is -2.29. The van der Waals surface area contributed by atoms with E-state index < -0.39 is 0 Å². The second kappa shape index (κ2) is 6.27. The van der Waals surface area contributed by atoms with Crippen LogP contribution in [0.25, 0.3) is 0 Å². The number of hydrogen-bond acceptors (Lipinski definition) is 2. The Hall–Kier alpha value is -0.870. The van der Waals surface area contributed by atoms with Gasteiger partial charge < -0.3 is 9.80 Å². The van der Waals surface area contributed by atoms with Gasteiger partial charge in [0.1, 0.15) is 0 Å². The van der Waals surface area contributed by atoms with Crippen LogP contribution in [0.3, 0.4) is 0 Å². The summed E-state index contributed by atoms with van der Waals surface area (Å²) in [4.78, 5) is 17.0. The molecule has 20 heavy (non-hydrogen) atoms. The molecule has 0 aliphatic carbocycles. The van der Waals surface area contributed by atoms with Gasteiger partial charge in [0.15, 0.2) is 0 Å². The first kappa shape index (κ1) is 14.1. The van der Waals surface area contributed by atoms with E-state index in [1.165, 1.54) is 31.5 Å².